The summed E-state index contributed by atoms with van der Waals surface area (Å²) in [7, 11) is 0. The van der Waals surface area contributed by atoms with E-state index in [1.54, 1.807) is 12.1 Å². The van der Waals surface area contributed by atoms with Gasteiger partial charge in [-0.3, -0.25) is 4.79 Å². The highest BCUT2D eigenvalue weighted by Gasteiger charge is 1.99. The molecule has 0 aliphatic carbocycles. The van der Waals surface area contributed by atoms with Crippen LogP contribution in [-0.2, 0) is 0 Å². The van der Waals surface area contributed by atoms with Gasteiger partial charge >= 0.3 is 0 Å². The molecule has 0 aliphatic heterocycles. The van der Waals surface area contributed by atoms with Crippen LogP contribution in [0.25, 0.3) is 11.0 Å². The Bertz CT molecular complexity index is 602. The fourth-order valence-electron chi connectivity index (χ4n) is 1.30. The van der Waals surface area contributed by atoms with Crippen molar-refractivity contribution in [3.05, 3.63) is 46.3 Å². The lowest BCUT2D eigenvalue weighted by atomic mass is 10.1. The van der Waals surface area contributed by atoms with Gasteiger partial charge in [0.05, 0.1) is 17.0 Å². The van der Waals surface area contributed by atoms with E-state index in [0.29, 0.717) is 16.3 Å². The first kappa shape index (κ1) is 10.0. The zero-order valence-corrected chi connectivity index (χ0v) is 9.37. The number of hydrogen-bond acceptors (Lipinski definition) is 2. The van der Waals surface area contributed by atoms with Crippen LogP contribution in [-0.4, -0.2) is 5.33 Å². The van der Waals surface area contributed by atoms with Crippen molar-refractivity contribution in [2.75, 3.05) is 5.33 Å². The molecule has 2 rings (SSSR count). The molecule has 0 unspecified atom stereocenters. The summed E-state index contributed by atoms with van der Waals surface area (Å²) in [6.45, 7) is 0. The summed E-state index contributed by atoms with van der Waals surface area (Å²) in [6, 6.07) is 6.75. The van der Waals surface area contributed by atoms with E-state index in [2.05, 4.69) is 27.8 Å². The van der Waals surface area contributed by atoms with Crippen molar-refractivity contribution >= 4 is 26.9 Å². The minimum Gasteiger partial charge on any atom is -0.464 e. The molecule has 0 saturated heterocycles. The number of rotatable bonds is 0. The predicted octanol–water partition coefficient (Wildman–Crippen LogP) is 2.54. The van der Waals surface area contributed by atoms with Gasteiger partial charge in [-0.1, -0.05) is 27.8 Å². The predicted molar refractivity (Wildman–Crippen MR) is 63.2 cm³/mol. The molecule has 0 spiro atoms. The number of fused-ring (bicyclic) bond motifs is 1. The molecule has 1 aromatic heterocycles. The van der Waals surface area contributed by atoms with Gasteiger partial charge in [-0.05, 0) is 18.2 Å². The first-order chi connectivity index (χ1) is 7.31. The van der Waals surface area contributed by atoms with Crippen molar-refractivity contribution in [3.8, 4) is 11.8 Å². The SMILES string of the molecule is O=c1ccoc2ccc(C#CCBr)cc12. The van der Waals surface area contributed by atoms with Crippen molar-refractivity contribution in [2.45, 2.75) is 0 Å². The van der Waals surface area contributed by atoms with Gasteiger partial charge in [0, 0.05) is 11.6 Å². The van der Waals surface area contributed by atoms with Gasteiger partial charge < -0.3 is 4.42 Å². The summed E-state index contributed by atoms with van der Waals surface area (Å²) < 4.78 is 5.19. The minimum absolute atomic E-state index is 0.0428. The third-order valence-electron chi connectivity index (χ3n) is 1.96. The monoisotopic (exact) mass is 262 g/mol. The molecule has 0 radical (unpaired) electrons. The van der Waals surface area contributed by atoms with Crippen LogP contribution in [0.3, 0.4) is 0 Å². The Labute approximate surface area is 95.0 Å². The highest BCUT2D eigenvalue weighted by molar-refractivity contribution is 9.09. The maximum Gasteiger partial charge on any atom is 0.192 e. The Morgan fingerprint density at radius 1 is 1.33 bits per heavy atom. The summed E-state index contributed by atoms with van der Waals surface area (Å²) in [5, 5.41) is 1.19. The Morgan fingerprint density at radius 3 is 3.00 bits per heavy atom. The second-order valence-electron chi connectivity index (χ2n) is 2.93. The summed E-state index contributed by atoms with van der Waals surface area (Å²) in [4.78, 5) is 11.5. The molecule has 0 bridgehead atoms. The Balaban J connectivity index is 2.65. The van der Waals surface area contributed by atoms with Gasteiger partial charge in [-0.25, -0.2) is 0 Å². The minimum atomic E-state index is -0.0428. The zero-order valence-electron chi connectivity index (χ0n) is 7.79. The van der Waals surface area contributed by atoms with Gasteiger partial charge in [0.2, 0.25) is 0 Å². The van der Waals surface area contributed by atoms with Crippen LogP contribution in [0, 0.1) is 11.8 Å². The van der Waals surface area contributed by atoms with E-state index in [1.165, 1.54) is 12.3 Å². The van der Waals surface area contributed by atoms with Gasteiger partial charge in [0.1, 0.15) is 5.58 Å². The van der Waals surface area contributed by atoms with Gasteiger partial charge in [0.25, 0.3) is 0 Å². The highest BCUT2D eigenvalue weighted by Crippen LogP contribution is 2.11. The standard InChI is InChI=1S/C12H7BrO2/c13-6-1-2-9-3-4-12-10(8-9)11(14)5-7-15-12/h3-5,7-8H,6H2. The average Bonchev–Trinajstić information content (AvgIpc) is 2.27. The lowest BCUT2D eigenvalue weighted by Gasteiger charge is -1.95. The van der Waals surface area contributed by atoms with Crippen LogP contribution in [0.5, 0.6) is 0 Å². The van der Waals surface area contributed by atoms with Crippen molar-refractivity contribution in [2.24, 2.45) is 0 Å². The molecule has 0 aliphatic rings. The van der Waals surface area contributed by atoms with E-state index in [0.717, 1.165) is 5.56 Å². The van der Waals surface area contributed by atoms with Crippen molar-refractivity contribution in [1.82, 2.24) is 0 Å². The molecule has 1 heterocycles. The van der Waals surface area contributed by atoms with E-state index < -0.39 is 0 Å². The summed E-state index contributed by atoms with van der Waals surface area (Å²) >= 11 is 3.22. The Morgan fingerprint density at radius 2 is 2.20 bits per heavy atom. The molecule has 2 aromatic rings. The fraction of sp³-hybridized carbons (Fsp3) is 0.0833. The number of alkyl halides is 1. The third-order valence-corrected chi connectivity index (χ3v) is 2.24. The molecule has 2 nitrogen and oxygen atoms in total. The fourth-order valence-corrected chi connectivity index (χ4v) is 1.44. The molecule has 15 heavy (non-hydrogen) atoms. The normalized spacial score (nSPS) is 9.67. The third kappa shape index (κ3) is 2.11. The first-order valence-electron chi connectivity index (χ1n) is 4.37. The molecule has 0 fully saturated rings. The van der Waals surface area contributed by atoms with Gasteiger partial charge in [-0.15, -0.1) is 0 Å². The van der Waals surface area contributed by atoms with E-state index in [1.807, 2.05) is 6.07 Å². The smallest absolute Gasteiger partial charge is 0.192 e. The van der Waals surface area contributed by atoms with E-state index in [-0.39, 0.29) is 5.43 Å². The molecule has 0 N–H and O–H groups in total. The van der Waals surface area contributed by atoms with Crippen LogP contribution in [0.15, 0.2) is 39.7 Å². The van der Waals surface area contributed by atoms with Gasteiger partial charge in [0.15, 0.2) is 5.43 Å². The van der Waals surface area contributed by atoms with Crippen LogP contribution in [0.4, 0.5) is 0 Å². The van der Waals surface area contributed by atoms with Crippen LogP contribution in [0.2, 0.25) is 0 Å². The van der Waals surface area contributed by atoms with Crippen molar-refractivity contribution < 1.29 is 4.42 Å². The van der Waals surface area contributed by atoms with E-state index in [4.69, 9.17) is 4.42 Å². The number of hydrogen-bond donors (Lipinski definition) is 0. The second kappa shape index (κ2) is 4.33. The quantitative estimate of drug-likeness (QED) is 0.540. The van der Waals surface area contributed by atoms with Crippen LogP contribution in [0.1, 0.15) is 5.56 Å². The maximum absolute atomic E-state index is 11.5. The maximum atomic E-state index is 11.5. The van der Waals surface area contributed by atoms with Crippen molar-refractivity contribution in [1.29, 1.82) is 0 Å². The Kier molecular flexibility index (Phi) is 2.89. The van der Waals surface area contributed by atoms with E-state index in [9.17, 15) is 4.79 Å². The second-order valence-corrected chi connectivity index (χ2v) is 3.49. The number of benzene rings is 1. The first-order valence-corrected chi connectivity index (χ1v) is 5.50. The molecule has 3 heteroatoms. The highest BCUT2D eigenvalue weighted by atomic mass is 79.9. The van der Waals surface area contributed by atoms with E-state index >= 15 is 0 Å². The molecular formula is C12H7BrO2. The zero-order chi connectivity index (χ0) is 10.7. The summed E-state index contributed by atoms with van der Waals surface area (Å²) in [6.07, 6.45) is 1.40. The summed E-state index contributed by atoms with van der Waals surface area (Å²) in [5.74, 6) is 5.82. The van der Waals surface area contributed by atoms with Crippen molar-refractivity contribution in [3.63, 3.8) is 0 Å². The number of halogens is 1. The largest absolute Gasteiger partial charge is 0.464 e. The molecular weight excluding hydrogens is 256 g/mol. The van der Waals surface area contributed by atoms with Crippen LogP contribution < -0.4 is 5.43 Å². The molecule has 1 aromatic carbocycles. The molecule has 0 atom stereocenters. The molecule has 0 saturated carbocycles. The lowest BCUT2D eigenvalue weighted by molar-refractivity contribution is 0.602. The average molecular weight is 263 g/mol. The van der Waals surface area contributed by atoms with Gasteiger partial charge in [-0.2, -0.15) is 0 Å². The lowest BCUT2D eigenvalue weighted by Crippen LogP contribution is -1.97. The topological polar surface area (TPSA) is 30.2 Å². The molecule has 74 valence electrons. The molecule has 0 amide bonds. The summed E-state index contributed by atoms with van der Waals surface area (Å²) in [5.41, 5.74) is 1.37. The Hall–Kier alpha value is -1.53. The van der Waals surface area contributed by atoms with Crippen LogP contribution >= 0.6 is 15.9 Å².